The number of nitro groups is 1. The van der Waals surface area contributed by atoms with E-state index in [1.165, 1.54) is 18.3 Å². The topological polar surface area (TPSA) is 110 Å². The van der Waals surface area contributed by atoms with Gasteiger partial charge in [0.25, 0.3) is 11.6 Å². The van der Waals surface area contributed by atoms with Crippen molar-refractivity contribution in [3.8, 4) is 11.4 Å². The molecule has 2 aliphatic heterocycles. The van der Waals surface area contributed by atoms with Gasteiger partial charge in [-0.3, -0.25) is 19.7 Å². The van der Waals surface area contributed by atoms with Crippen LogP contribution in [0.1, 0.15) is 35.8 Å². The van der Waals surface area contributed by atoms with Crippen LogP contribution < -0.4 is 5.32 Å². The summed E-state index contributed by atoms with van der Waals surface area (Å²) < 4.78 is 1.79. The Morgan fingerprint density at radius 1 is 1.26 bits per heavy atom. The fraction of sp³-hybridized carbons (Fsp3) is 0.389. The van der Waals surface area contributed by atoms with Gasteiger partial charge in [0.2, 0.25) is 5.91 Å². The van der Waals surface area contributed by atoms with E-state index in [1.807, 2.05) is 4.90 Å². The second-order valence-corrected chi connectivity index (χ2v) is 6.80. The summed E-state index contributed by atoms with van der Waals surface area (Å²) in [7, 11) is 0. The molecule has 1 N–H and O–H groups in total. The van der Waals surface area contributed by atoms with Gasteiger partial charge in [-0.05, 0) is 25.0 Å². The normalized spacial score (nSPS) is 18.9. The molecule has 0 bridgehead atoms. The Labute approximate surface area is 155 Å². The van der Waals surface area contributed by atoms with Gasteiger partial charge in [-0.15, -0.1) is 0 Å². The van der Waals surface area contributed by atoms with Crippen molar-refractivity contribution in [2.75, 3.05) is 19.6 Å². The average Bonchev–Trinajstić information content (AvgIpc) is 3.34. The third kappa shape index (κ3) is 3.16. The number of nitrogens with zero attached hydrogens (tertiary/aromatic N) is 4. The van der Waals surface area contributed by atoms with Gasteiger partial charge in [-0.1, -0.05) is 0 Å². The van der Waals surface area contributed by atoms with Gasteiger partial charge in [0.1, 0.15) is 11.5 Å². The van der Waals surface area contributed by atoms with Crippen LogP contribution in [0.3, 0.4) is 0 Å². The minimum atomic E-state index is -0.463. The van der Waals surface area contributed by atoms with Gasteiger partial charge in [-0.25, -0.2) is 4.98 Å². The van der Waals surface area contributed by atoms with Gasteiger partial charge in [0.05, 0.1) is 17.2 Å². The molecule has 3 heterocycles. The average molecular weight is 369 g/mol. The van der Waals surface area contributed by atoms with Crippen molar-refractivity contribution in [3.63, 3.8) is 0 Å². The molecular weight excluding hydrogens is 350 g/mol. The summed E-state index contributed by atoms with van der Waals surface area (Å²) in [5, 5.41) is 13.7. The summed E-state index contributed by atoms with van der Waals surface area (Å²) in [6.45, 7) is 1.91. The van der Waals surface area contributed by atoms with Crippen LogP contribution in [-0.2, 0) is 4.79 Å². The maximum atomic E-state index is 12.6. The van der Waals surface area contributed by atoms with E-state index in [9.17, 15) is 19.7 Å². The second-order valence-electron chi connectivity index (χ2n) is 6.80. The zero-order valence-corrected chi connectivity index (χ0v) is 14.6. The molecule has 9 nitrogen and oxygen atoms in total. The summed E-state index contributed by atoms with van der Waals surface area (Å²) >= 11 is 0. The molecule has 0 spiro atoms. The predicted octanol–water partition coefficient (Wildman–Crippen LogP) is 1.76. The van der Waals surface area contributed by atoms with E-state index in [1.54, 1.807) is 16.7 Å². The Morgan fingerprint density at radius 2 is 1.96 bits per heavy atom. The molecule has 0 radical (unpaired) electrons. The fourth-order valence-corrected chi connectivity index (χ4v) is 3.70. The zero-order chi connectivity index (χ0) is 19.0. The highest BCUT2D eigenvalue weighted by Gasteiger charge is 2.31. The lowest BCUT2D eigenvalue weighted by Crippen LogP contribution is -2.41. The largest absolute Gasteiger partial charge is 0.349 e. The van der Waals surface area contributed by atoms with Crippen LogP contribution in [0.25, 0.3) is 11.4 Å². The third-order valence-electron chi connectivity index (χ3n) is 5.10. The van der Waals surface area contributed by atoms with Crippen molar-refractivity contribution >= 4 is 17.5 Å². The highest BCUT2D eigenvalue weighted by Crippen LogP contribution is 2.29. The van der Waals surface area contributed by atoms with Gasteiger partial charge in [0.15, 0.2) is 0 Å². The van der Waals surface area contributed by atoms with Crippen LogP contribution in [0.4, 0.5) is 5.69 Å². The highest BCUT2D eigenvalue weighted by atomic mass is 16.6. The van der Waals surface area contributed by atoms with Crippen LogP contribution >= 0.6 is 0 Å². The fourth-order valence-electron chi connectivity index (χ4n) is 3.70. The number of nitro benzene ring substituents is 1. The van der Waals surface area contributed by atoms with Crippen LogP contribution in [-0.4, -0.2) is 50.8 Å². The Morgan fingerprint density at radius 3 is 2.63 bits per heavy atom. The molecule has 1 saturated heterocycles. The lowest BCUT2D eigenvalue weighted by atomic mass is 10.1. The second kappa shape index (κ2) is 6.82. The summed E-state index contributed by atoms with van der Waals surface area (Å²) in [6.07, 6.45) is 3.82. The number of fused-ring (bicyclic) bond motifs is 1. The lowest BCUT2D eigenvalue weighted by Gasteiger charge is -2.28. The molecule has 2 aromatic rings. The van der Waals surface area contributed by atoms with Gasteiger partial charge < -0.3 is 14.8 Å². The molecule has 0 aliphatic carbocycles. The molecule has 140 valence electrons. The maximum Gasteiger partial charge on any atom is 0.269 e. The minimum absolute atomic E-state index is 0.0114. The molecule has 1 aromatic carbocycles. The number of hydrogen-bond acceptors (Lipinski definition) is 5. The smallest absolute Gasteiger partial charge is 0.269 e. The molecule has 1 atom stereocenters. The quantitative estimate of drug-likeness (QED) is 0.652. The Hall–Kier alpha value is -3.23. The third-order valence-corrected chi connectivity index (χ3v) is 5.10. The standard InChI is InChI=1S/C18H19N5O4/c24-16(21-7-1-2-8-21)9-14-10-20-18(25)15-11-19-17(22(14)15)12-3-5-13(6-4-12)23(26)27/h3-6,11,14H,1-2,7-10H2,(H,20,25). The molecule has 2 aliphatic rings. The van der Waals surface area contributed by atoms with E-state index >= 15 is 0 Å². The monoisotopic (exact) mass is 369 g/mol. The molecule has 9 heteroatoms. The summed E-state index contributed by atoms with van der Waals surface area (Å²) in [4.78, 5) is 41.4. The Balaban J connectivity index is 1.66. The number of carbonyl (C=O) groups excluding carboxylic acids is 2. The van der Waals surface area contributed by atoms with Crippen LogP contribution in [0.15, 0.2) is 30.5 Å². The van der Waals surface area contributed by atoms with Crippen molar-refractivity contribution in [2.45, 2.75) is 25.3 Å². The number of nitrogens with one attached hydrogen (secondary N) is 1. The van der Waals surface area contributed by atoms with E-state index < -0.39 is 4.92 Å². The van der Waals surface area contributed by atoms with Crippen LogP contribution in [0.5, 0.6) is 0 Å². The molecule has 27 heavy (non-hydrogen) atoms. The van der Waals surface area contributed by atoms with Gasteiger partial charge in [0, 0.05) is 43.8 Å². The Bertz CT molecular complexity index is 899. The molecule has 1 aromatic heterocycles. The van der Waals surface area contributed by atoms with Gasteiger partial charge >= 0.3 is 0 Å². The molecule has 4 rings (SSSR count). The molecule has 1 unspecified atom stereocenters. The van der Waals surface area contributed by atoms with Crippen molar-refractivity contribution in [1.29, 1.82) is 0 Å². The molecular formula is C18H19N5O4. The Kier molecular flexibility index (Phi) is 4.35. The number of likely N-dealkylation sites (tertiary alicyclic amines) is 1. The molecule has 0 saturated carbocycles. The zero-order valence-electron chi connectivity index (χ0n) is 14.6. The summed E-state index contributed by atoms with van der Waals surface area (Å²) in [5.41, 5.74) is 1.05. The predicted molar refractivity (Wildman–Crippen MR) is 96.1 cm³/mol. The number of imidazole rings is 1. The number of aromatic nitrogens is 2. The summed E-state index contributed by atoms with van der Waals surface area (Å²) in [6, 6.07) is 5.80. The van der Waals surface area contributed by atoms with E-state index in [-0.39, 0.29) is 30.0 Å². The molecule has 2 amide bonds. The first-order valence-electron chi connectivity index (χ1n) is 8.92. The van der Waals surface area contributed by atoms with E-state index in [4.69, 9.17) is 0 Å². The number of carbonyl (C=O) groups is 2. The minimum Gasteiger partial charge on any atom is -0.349 e. The van der Waals surface area contributed by atoms with E-state index in [2.05, 4.69) is 10.3 Å². The molecule has 1 fully saturated rings. The number of benzene rings is 1. The van der Waals surface area contributed by atoms with Crippen LogP contribution in [0, 0.1) is 10.1 Å². The van der Waals surface area contributed by atoms with E-state index in [0.29, 0.717) is 23.6 Å². The van der Waals surface area contributed by atoms with Crippen molar-refractivity contribution in [1.82, 2.24) is 19.8 Å². The van der Waals surface area contributed by atoms with Gasteiger partial charge in [-0.2, -0.15) is 0 Å². The highest BCUT2D eigenvalue weighted by molar-refractivity contribution is 5.94. The lowest BCUT2D eigenvalue weighted by molar-refractivity contribution is -0.384. The first-order valence-corrected chi connectivity index (χ1v) is 8.92. The summed E-state index contributed by atoms with van der Waals surface area (Å²) in [5.74, 6) is 0.373. The number of non-ortho nitro benzene ring substituents is 1. The van der Waals surface area contributed by atoms with Crippen molar-refractivity contribution in [2.24, 2.45) is 0 Å². The number of hydrogen-bond donors (Lipinski definition) is 1. The first-order chi connectivity index (χ1) is 13.0. The SMILES string of the molecule is O=C1NCC(CC(=O)N2CCCC2)n2c1cnc2-c1ccc([N+](=O)[O-])cc1. The van der Waals surface area contributed by atoms with E-state index in [0.717, 1.165) is 25.9 Å². The van der Waals surface area contributed by atoms with Crippen LogP contribution in [0.2, 0.25) is 0 Å². The number of rotatable bonds is 4. The number of amides is 2. The first kappa shape index (κ1) is 17.2. The maximum absolute atomic E-state index is 12.6. The van der Waals surface area contributed by atoms with Crippen molar-refractivity contribution < 1.29 is 14.5 Å². The van der Waals surface area contributed by atoms with Crippen molar-refractivity contribution in [3.05, 3.63) is 46.3 Å².